The van der Waals surface area contributed by atoms with E-state index in [0.29, 0.717) is 11.3 Å². The van der Waals surface area contributed by atoms with Crippen molar-refractivity contribution in [1.82, 2.24) is 10.3 Å². The first-order valence-electron chi connectivity index (χ1n) is 10.6. The minimum Gasteiger partial charge on any atom is -0.451 e. The summed E-state index contributed by atoms with van der Waals surface area (Å²) in [5, 5.41) is 9.88. The number of aryl methyl sites for hydroxylation is 1. The van der Waals surface area contributed by atoms with Crippen LogP contribution in [0.4, 0.5) is 5.69 Å². The topological polar surface area (TPSA) is 82.2 Å². The molecule has 0 radical (unpaired) electrons. The van der Waals surface area contributed by atoms with E-state index in [2.05, 4.69) is 26.0 Å². The molecule has 7 nitrogen and oxygen atoms in total. The summed E-state index contributed by atoms with van der Waals surface area (Å²) in [7, 11) is 0. The van der Waals surface area contributed by atoms with Crippen molar-refractivity contribution in [1.29, 1.82) is 0 Å². The number of piperidine rings is 1. The fourth-order valence-electron chi connectivity index (χ4n) is 3.74. The number of furan rings is 1. The number of para-hydroxylation sites is 2. The van der Waals surface area contributed by atoms with Gasteiger partial charge in [-0.1, -0.05) is 36.4 Å². The predicted octanol–water partition coefficient (Wildman–Crippen LogP) is 4.76. The predicted molar refractivity (Wildman–Crippen MR) is 124 cm³/mol. The summed E-state index contributed by atoms with van der Waals surface area (Å²) in [6.07, 6.45) is 3.44. The molecule has 1 fully saturated rings. The molecule has 2 heterocycles. The van der Waals surface area contributed by atoms with Gasteiger partial charge in [0.05, 0.1) is 5.69 Å². The lowest BCUT2D eigenvalue weighted by Crippen LogP contribution is -2.40. The van der Waals surface area contributed by atoms with Crippen molar-refractivity contribution in [3.63, 3.8) is 0 Å². The number of hydrogen-bond acceptors (Lipinski definition) is 5. The molecule has 0 aliphatic carbocycles. The minimum atomic E-state index is -0.373. The largest absolute Gasteiger partial charge is 0.451 e. The maximum absolute atomic E-state index is 12.7. The molecule has 1 saturated heterocycles. The summed E-state index contributed by atoms with van der Waals surface area (Å²) >= 11 is 0. The van der Waals surface area contributed by atoms with Crippen LogP contribution >= 0.6 is 0 Å². The van der Waals surface area contributed by atoms with Gasteiger partial charge in [0, 0.05) is 24.0 Å². The Morgan fingerprint density at radius 2 is 1.68 bits per heavy atom. The highest BCUT2D eigenvalue weighted by atomic mass is 16.3. The smallest absolute Gasteiger partial charge is 0.307 e. The van der Waals surface area contributed by atoms with Gasteiger partial charge in [-0.2, -0.15) is 10.2 Å². The third kappa shape index (κ3) is 4.77. The van der Waals surface area contributed by atoms with Crippen LogP contribution in [0.15, 0.2) is 69.2 Å². The average molecular weight is 418 g/mol. The molecule has 2 N–H and O–H groups in total. The molecule has 160 valence electrons. The first-order chi connectivity index (χ1) is 15.1. The van der Waals surface area contributed by atoms with Crippen LogP contribution in [0.5, 0.6) is 0 Å². The number of anilines is 1. The number of rotatable bonds is 5. The maximum atomic E-state index is 12.7. The fourth-order valence-corrected chi connectivity index (χ4v) is 3.74. The Bertz CT molecular complexity index is 1110. The van der Waals surface area contributed by atoms with Gasteiger partial charge in [-0.15, -0.1) is 0 Å². The molecular formula is C24H27N5O2. The van der Waals surface area contributed by atoms with Crippen LogP contribution in [0.1, 0.15) is 42.3 Å². The fraction of sp³-hybridized carbons (Fsp3) is 0.292. The van der Waals surface area contributed by atoms with Crippen LogP contribution in [0.2, 0.25) is 0 Å². The number of nitrogens with one attached hydrogen (secondary N) is 2. The molecule has 31 heavy (non-hydrogen) atoms. The summed E-state index contributed by atoms with van der Waals surface area (Å²) in [5.41, 5.74) is 8.76. The van der Waals surface area contributed by atoms with Crippen LogP contribution in [0.3, 0.4) is 0 Å². The first-order valence-corrected chi connectivity index (χ1v) is 10.6. The molecule has 7 heteroatoms. The second-order valence-corrected chi connectivity index (χ2v) is 7.65. The number of amidine groups is 1. The highest BCUT2D eigenvalue weighted by Gasteiger charge is 2.20. The third-order valence-corrected chi connectivity index (χ3v) is 5.42. The number of carbonyl (C=O) groups is 1. The van der Waals surface area contributed by atoms with Crippen LogP contribution in [-0.4, -0.2) is 35.4 Å². The molecule has 1 aromatic heterocycles. The molecule has 0 unspecified atom stereocenters. The molecule has 0 atom stereocenters. The van der Waals surface area contributed by atoms with Gasteiger partial charge in [-0.05, 0) is 51.3 Å². The average Bonchev–Trinajstić information content (AvgIpc) is 3.16. The van der Waals surface area contributed by atoms with Gasteiger partial charge in [0.1, 0.15) is 11.3 Å². The zero-order valence-corrected chi connectivity index (χ0v) is 17.9. The Morgan fingerprint density at radius 1 is 0.968 bits per heavy atom. The summed E-state index contributed by atoms with van der Waals surface area (Å²) in [5.74, 6) is 0.629. The molecule has 3 aromatic rings. The molecule has 4 rings (SSSR count). The van der Waals surface area contributed by atoms with Crippen LogP contribution in [-0.2, 0) is 0 Å². The lowest BCUT2D eigenvalue weighted by atomic mass is 10.1. The van der Waals surface area contributed by atoms with E-state index in [1.807, 2.05) is 68.4 Å². The summed E-state index contributed by atoms with van der Waals surface area (Å²) < 4.78 is 5.74. The number of carbonyl (C=O) groups excluding carboxylic acids is 1. The number of fused-ring (bicyclic) bond motifs is 1. The second-order valence-electron chi connectivity index (χ2n) is 7.65. The maximum Gasteiger partial charge on any atom is 0.307 e. The monoisotopic (exact) mass is 417 g/mol. The molecule has 0 saturated carbocycles. The van der Waals surface area contributed by atoms with Crippen molar-refractivity contribution in [3.05, 3.63) is 65.9 Å². The zero-order valence-electron chi connectivity index (χ0n) is 17.9. The Kier molecular flexibility index (Phi) is 6.31. The van der Waals surface area contributed by atoms with Gasteiger partial charge in [0.2, 0.25) is 0 Å². The van der Waals surface area contributed by atoms with Gasteiger partial charge in [0.15, 0.2) is 11.6 Å². The van der Waals surface area contributed by atoms with Gasteiger partial charge < -0.3 is 9.32 Å². The van der Waals surface area contributed by atoms with E-state index < -0.39 is 0 Å². The van der Waals surface area contributed by atoms with Gasteiger partial charge in [-0.3, -0.25) is 10.2 Å². The Balaban J connectivity index is 1.54. The van der Waals surface area contributed by atoms with E-state index in [9.17, 15) is 4.79 Å². The molecule has 1 aliphatic rings. The number of likely N-dealkylation sites (tertiary alicyclic amines) is 1. The van der Waals surface area contributed by atoms with E-state index in [4.69, 9.17) is 4.42 Å². The molecule has 1 amide bonds. The number of benzene rings is 2. The molecular weight excluding hydrogens is 390 g/mol. The summed E-state index contributed by atoms with van der Waals surface area (Å²) in [6.45, 7) is 5.56. The summed E-state index contributed by atoms with van der Waals surface area (Å²) in [6, 6.07) is 17.4. The van der Waals surface area contributed by atoms with E-state index in [1.165, 1.54) is 6.42 Å². The standard InChI is InChI=1S/C24H27N5O2/c1-17-20-13-7-8-14-21(20)31-22(17)24(30)28-25-18(2)23(29-15-9-4-10-16-29)27-26-19-11-5-3-6-12-19/h3,5-8,11-14,26H,4,9-10,15-16H2,1-2H3,(H,28,30)/b25-18+,27-23+. The van der Waals surface area contributed by atoms with Gasteiger partial charge in [-0.25, -0.2) is 5.43 Å². The molecule has 0 spiro atoms. The van der Waals surface area contributed by atoms with E-state index in [-0.39, 0.29) is 11.7 Å². The highest BCUT2D eigenvalue weighted by molar-refractivity contribution is 6.40. The van der Waals surface area contributed by atoms with Crippen molar-refractivity contribution in [2.75, 3.05) is 18.5 Å². The second kappa shape index (κ2) is 9.47. The van der Waals surface area contributed by atoms with Crippen molar-refractivity contribution >= 4 is 34.1 Å². The van der Waals surface area contributed by atoms with E-state index in [0.717, 1.165) is 48.4 Å². The summed E-state index contributed by atoms with van der Waals surface area (Å²) in [4.78, 5) is 14.9. The van der Waals surface area contributed by atoms with Crippen molar-refractivity contribution in [2.24, 2.45) is 10.2 Å². The Labute approximate surface area is 181 Å². The molecule has 0 bridgehead atoms. The van der Waals surface area contributed by atoms with Crippen molar-refractivity contribution < 1.29 is 9.21 Å². The van der Waals surface area contributed by atoms with Gasteiger partial charge in [0.25, 0.3) is 0 Å². The number of hydrogen-bond donors (Lipinski definition) is 2. The van der Waals surface area contributed by atoms with E-state index >= 15 is 0 Å². The zero-order chi connectivity index (χ0) is 21.6. The number of nitrogens with zero attached hydrogens (tertiary/aromatic N) is 3. The van der Waals surface area contributed by atoms with E-state index in [1.54, 1.807) is 0 Å². The van der Waals surface area contributed by atoms with Crippen LogP contribution in [0, 0.1) is 6.92 Å². The lowest BCUT2D eigenvalue weighted by Gasteiger charge is -2.29. The lowest BCUT2D eigenvalue weighted by molar-refractivity contribution is 0.0928. The highest BCUT2D eigenvalue weighted by Crippen LogP contribution is 2.24. The number of hydrazone groups is 2. The van der Waals surface area contributed by atoms with Crippen molar-refractivity contribution in [3.8, 4) is 0 Å². The quantitative estimate of drug-likeness (QED) is 0.356. The molecule has 2 aromatic carbocycles. The SMILES string of the molecule is CC(=N\NC(=O)c1oc2ccccc2c1C)/C(=N\Nc1ccccc1)N1CCCCC1. The van der Waals surface area contributed by atoms with Crippen LogP contribution < -0.4 is 10.9 Å². The number of amides is 1. The van der Waals surface area contributed by atoms with Crippen molar-refractivity contribution in [2.45, 2.75) is 33.1 Å². The Morgan fingerprint density at radius 3 is 2.42 bits per heavy atom. The third-order valence-electron chi connectivity index (χ3n) is 5.42. The minimum absolute atomic E-state index is 0.275. The van der Waals surface area contributed by atoms with Crippen LogP contribution in [0.25, 0.3) is 11.0 Å². The van der Waals surface area contributed by atoms with Gasteiger partial charge >= 0.3 is 5.91 Å². The normalized spacial score (nSPS) is 15.2. The Hall–Kier alpha value is -3.61. The molecule has 1 aliphatic heterocycles. The first kappa shape index (κ1) is 20.7.